The molecule has 0 fully saturated rings. The van der Waals surface area contributed by atoms with Gasteiger partial charge in [-0.2, -0.15) is 0 Å². The maximum atomic E-state index is 12.7. The van der Waals surface area contributed by atoms with E-state index in [1.165, 1.54) is 4.57 Å². The predicted molar refractivity (Wildman–Crippen MR) is 110 cm³/mol. The van der Waals surface area contributed by atoms with E-state index < -0.39 is 5.97 Å². The SMILES string of the molecule is Cc1cc(C(=O)COC(=O)Cn2c(C)csc2=O)c(C)n1-c1ccc2c(c1)OCO2. The third-order valence-electron chi connectivity index (χ3n) is 4.97. The van der Waals surface area contributed by atoms with Gasteiger partial charge in [0.05, 0.1) is 0 Å². The minimum Gasteiger partial charge on any atom is -0.456 e. The summed E-state index contributed by atoms with van der Waals surface area (Å²) < 4.78 is 19.2. The third kappa shape index (κ3) is 3.63. The smallest absolute Gasteiger partial charge is 0.326 e. The zero-order chi connectivity index (χ0) is 21.4. The van der Waals surface area contributed by atoms with E-state index in [1.807, 2.05) is 36.6 Å². The van der Waals surface area contributed by atoms with Crippen LogP contribution in [0.25, 0.3) is 5.69 Å². The Labute approximate surface area is 176 Å². The number of benzene rings is 1. The highest BCUT2D eigenvalue weighted by atomic mass is 32.1. The Morgan fingerprint density at radius 1 is 1.10 bits per heavy atom. The molecule has 8 nitrogen and oxygen atoms in total. The summed E-state index contributed by atoms with van der Waals surface area (Å²) in [6.45, 7) is 5.06. The number of carbonyl (C=O) groups is 2. The Hall–Kier alpha value is -3.33. The number of nitrogens with zero attached hydrogens (tertiary/aromatic N) is 2. The van der Waals surface area contributed by atoms with Crippen LogP contribution in [0.4, 0.5) is 0 Å². The van der Waals surface area contributed by atoms with Gasteiger partial charge in [0.25, 0.3) is 0 Å². The van der Waals surface area contributed by atoms with Gasteiger partial charge in [0, 0.05) is 39.8 Å². The Morgan fingerprint density at radius 2 is 1.87 bits per heavy atom. The molecule has 30 heavy (non-hydrogen) atoms. The molecule has 0 unspecified atom stereocenters. The normalized spacial score (nSPS) is 12.2. The summed E-state index contributed by atoms with van der Waals surface area (Å²) in [6, 6.07) is 7.35. The topological polar surface area (TPSA) is 88.8 Å². The molecule has 9 heteroatoms. The first-order chi connectivity index (χ1) is 14.3. The molecule has 1 aliphatic heterocycles. The summed E-state index contributed by atoms with van der Waals surface area (Å²) >= 11 is 1.02. The summed E-state index contributed by atoms with van der Waals surface area (Å²) in [7, 11) is 0. The Bertz CT molecular complexity index is 1200. The largest absolute Gasteiger partial charge is 0.456 e. The summed E-state index contributed by atoms with van der Waals surface area (Å²) in [5.41, 5.74) is 3.60. The summed E-state index contributed by atoms with van der Waals surface area (Å²) in [5, 5.41) is 1.67. The summed E-state index contributed by atoms with van der Waals surface area (Å²) in [5.74, 6) is 0.402. The number of fused-ring (bicyclic) bond motifs is 1. The van der Waals surface area contributed by atoms with E-state index >= 15 is 0 Å². The Morgan fingerprint density at radius 3 is 2.60 bits per heavy atom. The van der Waals surface area contributed by atoms with E-state index in [0.717, 1.165) is 28.4 Å². The molecule has 0 atom stereocenters. The molecule has 0 saturated heterocycles. The molecule has 2 aromatic heterocycles. The van der Waals surface area contributed by atoms with Crippen LogP contribution in [0, 0.1) is 20.8 Å². The molecule has 0 bridgehead atoms. The van der Waals surface area contributed by atoms with Crippen molar-refractivity contribution in [2.45, 2.75) is 27.3 Å². The lowest BCUT2D eigenvalue weighted by Crippen LogP contribution is -2.24. The number of aromatic nitrogens is 2. The van der Waals surface area contributed by atoms with Crippen LogP contribution >= 0.6 is 11.3 Å². The molecular formula is C21H20N2O6S. The fourth-order valence-electron chi connectivity index (χ4n) is 3.46. The number of thiazole rings is 1. The summed E-state index contributed by atoms with van der Waals surface area (Å²) in [6.07, 6.45) is 0. The molecule has 3 heterocycles. The van der Waals surface area contributed by atoms with Gasteiger partial charge in [-0.15, -0.1) is 0 Å². The average Bonchev–Trinajstić information content (AvgIpc) is 3.39. The van der Waals surface area contributed by atoms with Crippen molar-refractivity contribution in [3.8, 4) is 17.2 Å². The number of carbonyl (C=O) groups excluding carboxylic acids is 2. The van der Waals surface area contributed by atoms with Gasteiger partial charge in [-0.05, 0) is 39.0 Å². The fraction of sp³-hybridized carbons (Fsp3) is 0.286. The monoisotopic (exact) mass is 428 g/mol. The Kier molecular flexibility index (Phi) is 5.21. The van der Waals surface area contributed by atoms with Gasteiger partial charge in [0.15, 0.2) is 18.1 Å². The third-order valence-corrected chi connectivity index (χ3v) is 5.85. The van der Waals surface area contributed by atoms with Gasteiger partial charge in [-0.3, -0.25) is 19.0 Å². The second kappa shape index (κ2) is 7.83. The van der Waals surface area contributed by atoms with E-state index in [4.69, 9.17) is 14.2 Å². The lowest BCUT2D eigenvalue weighted by Gasteiger charge is -2.11. The van der Waals surface area contributed by atoms with Crippen molar-refractivity contribution in [1.29, 1.82) is 0 Å². The van der Waals surface area contributed by atoms with Crippen molar-refractivity contribution < 1.29 is 23.8 Å². The number of hydrogen-bond donors (Lipinski definition) is 0. The molecule has 0 amide bonds. The van der Waals surface area contributed by atoms with E-state index in [-0.39, 0.29) is 30.6 Å². The van der Waals surface area contributed by atoms with Crippen molar-refractivity contribution in [1.82, 2.24) is 9.13 Å². The van der Waals surface area contributed by atoms with Crippen LogP contribution in [0.15, 0.2) is 34.4 Å². The number of esters is 1. The second-order valence-corrected chi connectivity index (χ2v) is 7.79. The fourth-order valence-corrected chi connectivity index (χ4v) is 4.20. The molecule has 4 rings (SSSR count). The molecular weight excluding hydrogens is 408 g/mol. The molecule has 0 N–H and O–H groups in total. The van der Waals surface area contributed by atoms with E-state index in [0.29, 0.717) is 22.8 Å². The molecule has 0 spiro atoms. The predicted octanol–water partition coefficient (Wildman–Crippen LogP) is 2.78. The Balaban J connectivity index is 1.48. The van der Waals surface area contributed by atoms with Crippen LogP contribution in [-0.4, -0.2) is 34.3 Å². The van der Waals surface area contributed by atoms with Gasteiger partial charge in [0.1, 0.15) is 6.54 Å². The maximum absolute atomic E-state index is 12.7. The molecule has 1 aliphatic rings. The van der Waals surface area contributed by atoms with Gasteiger partial charge >= 0.3 is 10.8 Å². The number of hydrogen-bond acceptors (Lipinski definition) is 7. The quantitative estimate of drug-likeness (QED) is 0.443. The van der Waals surface area contributed by atoms with Crippen LogP contribution in [-0.2, 0) is 16.1 Å². The second-order valence-electron chi connectivity index (χ2n) is 6.97. The number of aryl methyl sites for hydroxylation is 2. The standard InChI is InChI=1S/C21H20N2O6S/c1-12-6-16(14(3)23(12)15-4-5-18-19(7-15)29-11-28-18)17(24)9-27-20(25)8-22-13(2)10-30-21(22)26/h4-7,10H,8-9,11H2,1-3H3. The van der Waals surface area contributed by atoms with Gasteiger partial charge in [0.2, 0.25) is 12.6 Å². The number of rotatable bonds is 6. The number of Topliss-reactive ketones (excluding diaryl/α,β-unsaturated/α-hetero) is 1. The van der Waals surface area contributed by atoms with Crippen molar-refractivity contribution in [2.24, 2.45) is 0 Å². The highest BCUT2D eigenvalue weighted by Crippen LogP contribution is 2.34. The first-order valence-electron chi connectivity index (χ1n) is 9.28. The lowest BCUT2D eigenvalue weighted by molar-refractivity contribution is -0.143. The molecule has 0 saturated carbocycles. The number of ketones is 1. The van der Waals surface area contributed by atoms with Gasteiger partial charge in [-0.25, -0.2) is 0 Å². The molecule has 0 radical (unpaired) electrons. The molecule has 0 aliphatic carbocycles. The number of ether oxygens (including phenoxy) is 3. The van der Waals surface area contributed by atoms with Crippen LogP contribution in [0.3, 0.4) is 0 Å². The molecule has 3 aromatic rings. The maximum Gasteiger partial charge on any atom is 0.326 e. The van der Waals surface area contributed by atoms with Gasteiger partial charge in [-0.1, -0.05) is 11.3 Å². The van der Waals surface area contributed by atoms with E-state index in [9.17, 15) is 14.4 Å². The van der Waals surface area contributed by atoms with Crippen LogP contribution in [0.2, 0.25) is 0 Å². The van der Waals surface area contributed by atoms with Crippen molar-refractivity contribution in [3.05, 3.63) is 62.0 Å². The lowest BCUT2D eigenvalue weighted by atomic mass is 10.1. The highest BCUT2D eigenvalue weighted by molar-refractivity contribution is 7.07. The molecule has 156 valence electrons. The summed E-state index contributed by atoms with van der Waals surface area (Å²) in [4.78, 5) is 36.2. The first kappa shape index (κ1) is 20.0. The zero-order valence-corrected chi connectivity index (χ0v) is 17.6. The van der Waals surface area contributed by atoms with E-state index in [1.54, 1.807) is 18.4 Å². The van der Waals surface area contributed by atoms with Crippen LogP contribution in [0.5, 0.6) is 11.5 Å². The zero-order valence-electron chi connectivity index (χ0n) is 16.8. The van der Waals surface area contributed by atoms with Crippen LogP contribution in [0.1, 0.15) is 27.4 Å². The van der Waals surface area contributed by atoms with Crippen molar-refractivity contribution >= 4 is 23.1 Å². The molecule has 1 aromatic carbocycles. The van der Waals surface area contributed by atoms with Gasteiger partial charge < -0.3 is 18.8 Å². The average molecular weight is 428 g/mol. The van der Waals surface area contributed by atoms with Crippen molar-refractivity contribution in [3.63, 3.8) is 0 Å². The minimum atomic E-state index is -0.628. The highest BCUT2D eigenvalue weighted by Gasteiger charge is 2.20. The minimum absolute atomic E-state index is 0.189. The van der Waals surface area contributed by atoms with Crippen molar-refractivity contribution in [2.75, 3.05) is 13.4 Å². The van der Waals surface area contributed by atoms with E-state index in [2.05, 4.69) is 0 Å². The first-order valence-corrected chi connectivity index (χ1v) is 10.2. The van der Waals surface area contributed by atoms with Crippen LogP contribution < -0.4 is 14.3 Å².